The van der Waals surface area contributed by atoms with Crippen molar-refractivity contribution in [1.29, 1.82) is 0 Å². The van der Waals surface area contributed by atoms with Crippen molar-refractivity contribution >= 4 is 11.6 Å². The lowest BCUT2D eigenvalue weighted by molar-refractivity contribution is 0.102. The van der Waals surface area contributed by atoms with Crippen molar-refractivity contribution in [2.45, 2.75) is 32.1 Å². The monoisotopic (exact) mass is 517 g/mol. The largest absolute Gasteiger partial charge is 0.322 e. The Morgan fingerprint density at radius 1 is 0.947 bits per heavy atom. The first-order chi connectivity index (χ1) is 18.6. The summed E-state index contributed by atoms with van der Waals surface area (Å²) in [6.45, 7) is 3.93. The Labute approximate surface area is 219 Å². The normalized spacial score (nSPS) is 16.0. The number of amides is 1. The lowest BCUT2D eigenvalue weighted by Gasteiger charge is -2.37. The van der Waals surface area contributed by atoms with Crippen molar-refractivity contribution in [3.63, 3.8) is 0 Å². The molecule has 1 aromatic carbocycles. The maximum absolute atomic E-state index is 13.6. The fourth-order valence-electron chi connectivity index (χ4n) is 5.60. The summed E-state index contributed by atoms with van der Waals surface area (Å²) in [5, 5.41) is 9.85. The minimum atomic E-state index is -0.816. The molecule has 0 saturated carbocycles. The highest BCUT2D eigenvalue weighted by Crippen LogP contribution is 2.39. The van der Waals surface area contributed by atoms with E-state index in [4.69, 9.17) is 0 Å². The van der Waals surface area contributed by atoms with Crippen LogP contribution >= 0.6 is 0 Å². The lowest BCUT2D eigenvalue weighted by Crippen LogP contribution is -2.52. The van der Waals surface area contributed by atoms with Crippen LogP contribution < -0.4 is 10.3 Å². The molecule has 38 heavy (non-hydrogen) atoms. The minimum Gasteiger partial charge on any atom is -0.322 e. The van der Waals surface area contributed by atoms with E-state index in [-0.39, 0.29) is 5.91 Å². The van der Waals surface area contributed by atoms with Crippen molar-refractivity contribution in [3.8, 4) is 11.4 Å². The molecule has 0 unspecified atom stereocenters. The molecule has 2 aliphatic heterocycles. The van der Waals surface area contributed by atoms with Crippen LogP contribution in [0.15, 0.2) is 49.1 Å². The Morgan fingerprint density at radius 3 is 2.47 bits per heavy atom. The van der Waals surface area contributed by atoms with Crippen molar-refractivity contribution in [1.82, 2.24) is 24.8 Å². The molecule has 0 atom stereocenters. The molecule has 2 aromatic rings. The van der Waals surface area contributed by atoms with E-state index < -0.39 is 11.6 Å². The number of carbonyl (C=O) groups excluding carboxylic acids is 1. The minimum absolute atomic E-state index is 0.156. The molecular weight excluding hydrogens is 488 g/mol. The number of fused-ring (bicyclic) bond motifs is 3. The summed E-state index contributed by atoms with van der Waals surface area (Å²) in [6, 6.07) is 7.66. The van der Waals surface area contributed by atoms with Gasteiger partial charge in [0.05, 0.1) is 5.56 Å². The molecule has 8 nitrogen and oxygen atoms in total. The van der Waals surface area contributed by atoms with Crippen LogP contribution in [-0.4, -0.2) is 63.4 Å². The van der Waals surface area contributed by atoms with Gasteiger partial charge in [-0.15, -0.1) is 5.10 Å². The number of halogens is 2. The van der Waals surface area contributed by atoms with Gasteiger partial charge in [-0.05, 0) is 73.1 Å². The Bertz CT molecular complexity index is 1420. The van der Waals surface area contributed by atoms with E-state index >= 15 is 0 Å². The van der Waals surface area contributed by atoms with Gasteiger partial charge in [-0.3, -0.25) is 19.7 Å². The smallest absolute Gasteiger partial charge is 0.258 e. The van der Waals surface area contributed by atoms with Gasteiger partial charge in [0, 0.05) is 50.8 Å². The van der Waals surface area contributed by atoms with Gasteiger partial charge in [0.1, 0.15) is 17.7 Å². The maximum atomic E-state index is 13.6. The predicted octanol–water partition coefficient (Wildman–Crippen LogP) is 3.68. The molecule has 0 bridgehead atoms. The Hall–Kier alpha value is -3.92. The first-order valence-corrected chi connectivity index (χ1v) is 13.1. The van der Waals surface area contributed by atoms with Crippen LogP contribution in [0.5, 0.6) is 0 Å². The van der Waals surface area contributed by atoms with E-state index in [1.807, 2.05) is 4.79 Å². The Balaban J connectivity index is 1.20. The quantitative estimate of drug-likeness (QED) is 0.421. The molecule has 10 heteroatoms. The van der Waals surface area contributed by atoms with Crippen LogP contribution in [0.4, 0.5) is 14.5 Å². The average molecular weight is 518 g/mol. The number of piperazine rings is 1. The number of rotatable bonds is 6. The standard InChI is InChI=1S/C28H29F2N7O/c29-23-6-5-19(17-24(23)30)9-12-35-13-15-36(16-14-35)37-27-22-4-2-1-3-21(22)25(26(27)32-18-33-37)28(38)34-20-7-10-31-11-8-20/h5-8,10-11,17-18H,1-4,9,12-16H2,(H,31,34,38). The van der Waals surface area contributed by atoms with Crippen molar-refractivity contribution < 1.29 is 13.6 Å². The second-order valence-electron chi connectivity index (χ2n) is 9.87. The Kier molecular flexibility index (Phi) is 6.71. The van der Waals surface area contributed by atoms with Gasteiger partial charge in [-0.2, -0.15) is 4.79 Å². The molecule has 0 radical (unpaired) electrons. The van der Waals surface area contributed by atoms with Gasteiger partial charge in [0.15, 0.2) is 11.6 Å². The number of aromatic nitrogens is 4. The molecule has 1 fully saturated rings. The number of hydrogen-bond donors (Lipinski definition) is 1. The summed E-state index contributed by atoms with van der Waals surface area (Å²) in [5.41, 5.74) is 6.01. The highest BCUT2D eigenvalue weighted by molar-refractivity contribution is 6.10. The summed E-state index contributed by atoms with van der Waals surface area (Å²) >= 11 is 0. The third-order valence-corrected chi connectivity index (χ3v) is 7.55. The van der Waals surface area contributed by atoms with Crippen LogP contribution in [0.1, 0.15) is 39.9 Å². The topological polar surface area (TPSA) is 79.2 Å². The number of hydrogen-bond acceptors (Lipinski definition) is 6. The molecule has 6 rings (SSSR count). The maximum Gasteiger partial charge on any atom is 0.258 e. The van der Waals surface area contributed by atoms with E-state index in [2.05, 4.69) is 30.3 Å². The summed E-state index contributed by atoms with van der Waals surface area (Å²) < 4.78 is 26.8. The zero-order valence-corrected chi connectivity index (χ0v) is 21.0. The van der Waals surface area contributed by atoms with E-state index in [9.17, 15) is 13.6 Å². The van der Waals surface area contributed by atoms with Crippen LogP contribution in [0.2, 0.25) is 0 Å². The van der Waals surface area contributed by atoms with E-state index in [1.54, 1.807) is 30.6 Å². The SMILES string of the molecule is O=C(Nc1ccncc1)c1c2ncnn(N3CCN(CCc4ccc(F)c(F)c4)CC3)c-2c2c1CCCC2. The number of anilines is 1. The van der Waals surface area contributed by atoms with Crippen LogP contribution in [0, 0.1) is 11.6 Å². The molecule has 0 spiro atoms. The number of nitrogens with one attached hydrogen (secondary N) is 1. The molecule has 3 heterocycles. The zero-order valence-electron chi connectivity index (χ0n) is 21.0. The number of nitrogens with zero attached hydrogens (tertiary/aromatic N) is 6. The van der Waals surface area contributed by atoms with Gasteiger partial charge < -0.3 is 5.32 Å². The number of benzene rings is 1. The van der Waals surface area contributed by atoms with Gasteiger partial charge in [-0.1, -0.05) is 6.07 Å². The van der Waals surface area contributed by atoms with E-state index in [0.29, 0.717) is 23.4 Å². The number of carbonyl (C=O) groups is 1. The lowest BCUT2D eigenvalue weighted by atomic mass is 9.93. The highest BCUT2D eigenvalue weighted by Gasteiger charge is 2.34. The molecule has 4 aliphatic rings. The molecule has 2 aliphatic carbocycles. The first-order valence-electron chi connectivity index (χ1n) is 13.1. The molecule has 1 saturated heterocycles. The molecule has 1 amide bonds. The van der Waals surface area contributed by atoms with Crippen LogP contribution in [0.25, 0.3) is 11.4 Å². The summed E-state index contributed by atoms with van der Waals surface area (Å²) in [5.74, 6) is -1.77. The summed E-state index contributed by atoms with van der Waals surface area (Å²) in [6.07, 6.45) is 9.37. The zero-order chi connectivity index (χ0) is 26.1. The number of pyridine rings is 1. The Morgan fingerprint density at radius 2 is 1.71 bits per heavy atom. The highest BCUT2D eigenvalue weighted by atomic mass is 19.2. The van der Waals surface area contributed by atoms with Gasteiger partial charge in [-0.25, -0.2) is 13.8 Å². The predicted molar refractivity (Wildman–Crippen MR) is 140 cm³/mol. The van der Waals surface area contributed by atoms with Crippen molar-refractivity contribution in [3.05, 3.63) is 82.9 Å². The van der Waals surface area contributed by atoms with E-state index in [1.165, 1.54) is 24.0 Å². The first kappa shape index (κ1) is 24.4. The van der Waals surface area contributed by atoms with Crippen LogP contribution in [0.3, 0.4) is 0 Å². The van der Waals surface area contributed by atoms with Crippen LogP contribution in [-0.2, 0) is 19.3 Å². The average Bonchev–Trinajstić information content (AvgIpc) is 3.29. The fraction of sp³-hybridized carbons (Fsp3) is 0.357. The third kappa shape index (κ3) is 4.71. The fourth-order valence-corrected chi connectivity index (χ4v) is 5.60. The van der Waals surface area contributed by atoms with Gasteiger partial charge >= 0.3 is 0 Å². The summed E-state index contributed by atoms with van der Waals surface area (Å²) in [4.78, 5) is 26.3. The van der Waals surface area contributed by atoms with Crippen molar-refractivity contribution in [2.24, 2.45) is 0 Å². The summed E-state index contributed by atoms with van der Waals surface area (Å²) in [7, 11) is 0. The van der Waals surface area contributed by atoms with Crippen molar-refractivity contribution in [2.75, 3.05) is 43.0 Å². The second kappa shape index (κ2) is 10.4. The molecule has 1 N–H and O–H groups in total. The van der Waals surface area contributed by atoms with Gasteiger partial charge in [0.2, 0.25) is 0 Å². The second-order valence-corrected chi connectivity index (χ2v) is 9.87. The third-order valence-electron chi connectivity index (χ3n) is 7.55. The molecule has 196 valence electrons. The van der Waals surface area contributed by atoms with E-state index in [0.717, 1.165) is 75.2 Å². The molecule has 1 aromatic heterocycles. The molecular formula is C28H29F2N7O. The van der Waals surface area contributed by atoms with Gasteiger partial charge in [0.25, 0.3) is 5.91 Å².